The van der Waals surface area contributed by atoms with Crippen molar-refractivity contribution in [2.24, 2.45) is 0 Å². The molecule has 0 aliphatic carbocycles. The van der Waals surface area contributed by atoms with Crippen molar-refractivity contribution in [2.45, 2.75) is 19.4 Å². The Hall–Kier alpha value is -3.60. The number of aliphatic hydroxyl groups excluding tert-OH is 1. The fraction of sp³-hybridized carbons (Fsp3) is 0.200. The fourth-order valence-corrected chi connectivity index (χ4v) is 4.00. The van der Waals surface area contributed by atoms with Crippen molar-refractivity contribution in [1.29, 1.82) is 0 Å². The SMILES string of the molecule is CCCN1C(=O)C(=O)/C(=C(\O)c2ccc3ccccc3c2)C1c1cccc(OC)c1. The van der Waals surface area contributed by atoms with Gasteiger partial charge in [0.05, 0.1) is 18.7 Å². The van der Waals surface area contributed by atoms with Crippen LogP contribution in [0.1, 0.15) is 30.5 Å². The Morgan fingerprint density at radius 3 is 2.50 bits per heavy atom. The molecular formula is C25H23NO4. The average molecular weight is 401 g/mol. The van der Waals surface area contributed by atoms with E-state index in [0.29, 0.717) is 24.3 Å². The van der Waals surface area contributed by atoms with E-state index >= 15 is 0 Å². The van der Waals surface area contributed by atoms with E-state index in [4.69, 9.17) is 4.74 Å². The maximum atomic E-state index is 13.0. The molecule has 0 radical (unpaired) electrons. The first kappa shape index (κ1) is 19.7. The van der Waals surface area contributed by atoms with Gasteiger partial charge in [-0.1, -0.05) is 55.5 Å². The lowest BCUT2D eigenvalue weighted by Gasteiger charge is -2.25. The molecule has 1 saturated heterocycles. The molecule has 4 rings (SSSR count). The number of rotatable bonds is 5. The predicted molar refractivity (Wildman–Crippen MR) is 116 cm³/mol. The molecule has 1 atom stereocenters. The van der Waals surface area contributed by atoms with Crippen LogP contribution < -0.4 is 4.74 Å². The number of carbonyl (C=O) groups excluding carboxylic acids is 2. The van der Waals surface area contributed by atoms with Crippen LogP contribution in [-0.4, -0.2) is 35.4 Å². The summed E-state index contributed by atoms with van der Waals surface area (Å²) < 4.78 is 5.32. The number of carbonyl (C=O) groups is 2. The van der Waals surface area contributed by atoms with Crippen LogP contribution in [0.25, 0.3) is 16.5 Å². The highest BCUT2D eigenvalue weighted by Crippen LogP contribution is 2.40. The quantitative estimate of drug-likeness (QED) is 0.383. The van der Waals surface area contributed by atoms with Gasteiger partial charge < -0.3 is 14.7 Å². The Balaban J connectivity index is 1.90. The van der Waals surface area contributed by atoms with Crippen molar-refractivity contribution in [3.8, 4) is 5.75 Å². The van der Waals surface area contributed by atoms with Gasteiger partial charge in [0, 0.05) is 12.1 Å². The Bertz CT molecular complexity index is 1160. The second-order valence-corrected chi connectivity index (χ2v) is 7.33. The molecule has 1 heterocycles. The van der Waals surface area contributed by atoms with Gasteiger partial charge in [0.15, 0.2) is 0 Å². The normalized spacial score (nSPS) is 18.2. The van der Waals surface area contributed by atoms with Crippen LogP contribution >= 0.6 is 0 Å². The summed E-state index contributed by atoms with van der Waals surface area (Å²) in [7, 11) is 1.57. The minimum absolute atomic E-state index is 0.108. The van der Waals surface area contributed by atoms with Crippen molar-refractivity contribution in [2.75, 3.05) is 13.7 Å². The number of hydrogen-bond donors (Lipinski definition) is 1. The number of amides is 1. The number of fused-ring (bicyclic) bond motifs is 1. The van der Waals surface area contributed by atoms with Gasteiger partial charge >= 0.3 is 0 Å². The van der Waals surface area contributed by atoms with Crippen molar-refractivity contribution in [3.05, 3.63) is 83.4 Å². The summed E-state index contributed by atoms with van der Waals surface area (Å²) in [4.78, 5) is 27.3. The van der Waals surface area contributed by atoms with Crippen LogP contribution in [0.4, 0.5) is 0 Å². The van der Waals surface area contributed by atoms with Gasteiger partial charge in [-0.3, -0.25) is 9.59 Å². The van der Waals surface area contributed by atoms with E-state index < -0.39 is 17.7 Å². The van der Waals surface area contributed by atoms with Crippen LogP contribution in [0.15, 0.2) is 72.3 Å². The van der Waals surface area contributed by atoms with E-state index in [1.165, 1.54) is 4.90 Å². The Kier molecular flexibility index (Phi) is 5.27. The minimum Gasteiger partial charge on any atom is -0.507 e. The maximum absolute atomic E-state index is 13.0. The average Bonchev–Trinajstić information content (AvgIpc) is 3.03. The summed E-state index contributed by atoms with van der Waals surface area (Å²) in [5.41, 5.74) is 1.34. The zero-order valence-corrected chi connectivity index (χ0v) is 17.0. The lowest BCUT2D eigenvalue weighted by Crippen LogP contribution is -2.30. The third-order valence-electron chi connectivity index (χ3n) is 5.44. The number of nitrogens with zero attached hydrogens (tertiary/aromatic N) is 1. The fourth-order valence-electron chi connectivity index (χ4n) is 4.00. The standard InChI is InChI=1S/C25H23NO4/c1-3-13-26-22(18-9-6-10-20(15-18)30-2)21(24(28)25(26)29)23(27)19-12-11-16-7-4-5-8-17(16)14-19/h4-12,14-15,22,27H,3,13H2,1-2H3/b23-21-. The molecule has 3 aromatic rings. The topological polar surface area (TPSA) is 66.8 Å². The molecule has 1 unspecified atom stereocenters. The monoisotopic (exact) mass is 401 g/mol. The molecule has 1 aliphatic rings. The van der Waals surface area contributed by atoms with E-state index in [1.807, 2.05) is 55.5 Å². The summed E-state index contributed by atoms with van der Waals surface area (Å²) in [5, 5.41) is 13.1. The first-order chi connectivity index (χ1) is 14.5. The summed E-state index contributed by atoms with van der Waals surface area (Å²) in [5.74, 6) is -0.792. The highest BCUT2D eigenvalue weighted by atomic mass is 16.5. The highest BCUT2D eigenvalue weighted by molar-refractivity contribution is 6.46. The molecule has 1 aliphatic heterocycles. The van der Waals surface area contributed by atoms with Crippen LogP contribution in [0.3, 0.4) is 0 Å². The summed E-state index contributed by atoms with van der Waals surface area (Å²) >= 11 is 0. The highest BCUT2D eigenvalue weighted by Gasteiger charge is 2.45. The van der Waals surface area contributed by atoms with Crippen molar-refractivity contribution < 1.29 is 19.4 Å². The van der Waals surface area contributed by atoms with E-state index in [0.717, 1.165) is 16.3 Å². The molecule has 30 heavy (non-hydrogen) atoms. The van der Waals surface area contributed by atoms with Crippen LogP contribution in [0, 0.1) is 0 Å². The molecule has 1 fully saturated rings. The van der Waals surface area contributed by atoms with Crippen molar-refractivity contribution in [1.82, 2.24) is 4.90 Å². The Morgan fingerprint density at radius 2 is 1.77 bits per heavy atom. The van der Waals surface area contributed by atoms with Crippen molar-refractivity contribution >= 4 is 28.2 Å². The number of hydrogen-bond acceptors (Lipinski definition) is 4. The van der Waals surface area contributed by atoms with E-state index in [-0.39, 0.29) is 11.3 Å². The summed E-state index contributed by atoms with van der Waals surface area (Å²) in [6.07, 6.45) is 0.698. The lowest BCUT2D eigenvalue weighted by atomic mass is 9.94. The van der Waals surface area contributed by atoms with Gasteiger partial charge in [-0.15, -0.1) is 0 Å². The molecule has 0 aromatic heterocycles. The van der Waals surface area contributed by atoms with Gasteiger partial charge in [-0.2, -0.15) is 0 Å². The molecule has 0 spiro atoms. The summed E-state index contributed by atoms with van der Waals surface area (Å²) in [6.45, 7) is 2.37. The van der Waals surface area contributed by atoms with Crippen LogP contribution in [0.2, 0.25) is 0 Å². The number of ether oxygens (including phenoxy) is 1. The largest absolute Gasteiger partial charge is 0.507 e. The zero-order chi connectivity index (χ0) is 21.3. The first-order valence-corrected chi connectivity index (χ1v) is 9.96. The second kappa shape index (κ2) is 8.03. The van der Waals surface area contributed by atoms with E-state index in [9.17, 15) is 14.7 Å². The van der Waals surface area contributed by atoms with Gasteiger partial charge in [-0.25, -0.2) is 0 Å². The first-order valence-electron chi connectivity index (χ1n) is 9.96. The molecule has 3 aromatic carbocycles. The van der Waals surface area contributed by atoms with Gasteiger partial charge in [0.25, 0.3) is 11.7 Å². The van der Waals surface area contributed by atoms with E-state index in [2.05, 4.69) is 0 Å². The maximum Gasteiger partial charge on any atom is 0.295 e. The summed E-state index contributed by atoms with van der Waals surface area (Å²) in [6, 6.07) is 19.9. The number of methoxy groups -OCH3 is 1. The minimum atomic E-state index is -0.665. The zero-order valence-electron chi connectivity index (χ0n) is 17.0. The lowest BCUT2D eigenvalue weighted by molar-refractivity contribution is -0.139. The number of aliphatic hydroxyl groups is 1. The molecule has 1 amide bonds. The second-order valence-electron chi connectivity index (χ2n) is 7.33. The Labute approximate surface area is 175 Å². The van der Waals surface area contributed by atoms with Gasteiger partial charge in [-0.05, 0) is 41.0 Å². The third-order valence-corrected chi connectivity index (χ3v) is 5.44. The molecule has 1 N–H and O–H groups in total. The molecule has 5 heteroatoms. The number of Topliss-reactive ketones (excluding diaryl/α,β-unsaturated/α-hetero) is 1. The number of ketones is 1. The molecule has 152 valence electrons. The smallest absolute Gasteiger partial charge is 0.295 e. The molecule has 0 bridgehead atoms. The predicted octanol–water partition coefficient (Wildman–Crippen LogP) is 4.68. The van der Waals surface area contributed by atoms with Gasteiger partial charge in [0.1, 0.15) is 11.5 Å². The number of benzene rings is 3. The third kappa shape index (κ3) is 3.32. The van der Waals surface area contributed by atoms with Crippen molar-refractivity contribution in [3.63, 3.8) is 0 Å². The molecule has 0 saturated carbocycles. The molecular weight excluding hydrogens is 378 g/mol. The van der Waals surface area contributed by atoms with Crippen LogP contribution in [0.5, 0.6) is 5.75 Å². The number of likely N-dealkylation sites (tertiary alicyclic amines) is 1. The van der Waals surface area contributed by atoms with E-state index in [1.54, 1.807) is 25.3 Å². The Morgan fingerprint density at radius 1 is 1.00 bits per heavy atom. The van der Waals surface area contributed by atoms with Crippen LogP contribution in [-0.2, 0) is 9.59 Å². The van der Waals surface area contributed by atoms with Gasteiger partial charge in [0.2, 0.25) is 0 Å². The molecule has 5 nitrogen and oxygen atoms in total.